The molecule has 2 rings (SSSR count). The molecule has 0 aliphatic rings. The molecule has 110 valence electrons. The van der Waals surface area contributed by atoms with Gasteiger partial charge in [-0.05, 0) is 40.5 Å². The Hall–Kier alpha value is -1.95. The molecule has 2 N–H and O–H groups in total. The number of hydrogen-bond donors (Lipinski definition) is 2. The van der Waals surface area contributed by atoms with Gasteiger partial charge in [-0.25, -0.2) is 8.78 Å². The van der Waals surface area contributed by atoms with E-state index in [9.17, 15) is 13.6 Å². The average Bonchev–Trinajstić information content (AvgIpc) is 2.44. The topological polar surface area (TPSA) is 41.1 Å². The van der Waals surface area contributed by atoms with Crippen LogP contribution < -0.4 is 10.6 Å². The van der Waals surface area contributed by atoms with Crippen molar-refractivity contribution in [2.75, 3.05) is 17.2 Å². The molecule has 2 aromatic rings. The van der Waals surface area contributed by atoms with E-state index in [1.54, 1.807) is 6.07 Å². The van der Waals surface area contributed by atoms with Gasteiger partial charge in [0.15, 0.2) is 0 Å². The Morgan fingerprint density at radius 3 is 2.57 bits per heavy atom. The van der Waals surface area contributed by atoms with Gasteiger partial charge in [0.05, 0.1) is 16.7 Å². The largest absolute Gasteiger partial charge is 0.374 e. The lowest BCUT2D eigenvalue weighted by atomic mass is 10.2. The highest BCUT2D eigenvalue weighted by molar-refractivity contribution is 9.10. The zero-order valence-corrected chi connectivity index (χ0v) is 12.8. The van der Waals surface area contributed by atoms with Gasteiger partial charge in [0.25, 0.3) is 0 Å². The van der Waals surface area contributed by atoms with Gasteiger partial charge in [-0.1, -0.05) is 18.2 Å². The van der Waals surface area contributed by atoms with Crippen molar-refractivity contribution >= 4 is 33.2 Å². The molecule has 0 atom stereocenters. The summed E-state index contributed by atoms with van der Waals surface area (Å²) < 4.78 is 26.7. The standard InChI is InChI=1S/C15H13BrF2N2O/c1-9-4-2-3-5-13(9)20-15(21)8-19-14-6-10(16)11(17)7-12(14)18/h2-7,19H,8H2,1H3,(H,20,21). The summed E-state index contributed by atoms with van der Waals surface area (Å²) in [4.78, 5) is 11.8. The monoisotopic (exact) mass is 354 g/mol. The van der Waals surface area contributed by atoms with Gasteiger partial charge >= 0.3 is 0 Å². The third-order valence-electron chi connectivity index (χ3n) is 2.87. The summed E-state index contributed by atoms with van der Waals surface area (Å²) in [7, 11) is 0. The number of para-hydroxylation sites is 1. The first-order valence-corrected chi connectivity index (χ1v) is 7.00. The summed E-state index contributed by atoms with van der Waals surface area (Å²) in [5, 5.41) is 5.35. The number of carbonyl (C=O) groups excluding carboxylic acids is 1. The molecule has 0 aliphatic carbocycles. The molecule has 0 bridgehead atoms. The summed E-state index contributed by atoms with van der Waals surface area (Å²) in [5.74, 6) is -1.76. The number of aryl methyl sites for hydroxylation is 1. The van der Waals surface area contributed by atoms with E-state index in [1.807, 2.05) is 25.1 Å². The van der Waals surface area contributed by atoms with Crippen LogP contribution in [0.1, 0.15) is 5.56 Å². The van der Waals surface area contributed by atoms with Gasteiger partial charge in [-0.3, -0.25) is 4.79 Å². The van der Waals surface area contributed by atoms with Gasteiger partial charge in [0.1, 0.15) is 11.6 Å². The van der Waals surface area contributed by atoms with E-state index in [2.05, 4.69) is 26.6 Å². The Bertz CT molecular complexity index is 677. The van der Waals surface area contributed by atoms with Crippen molar-refractivity contribution in [3.05, 3.63) is 58.1 Å². The second-order valence-electron chi connectivity index (χ2n) is 4.46. The highest BCUT2D eigenvalue weighted by atomic mass is 79.9. The zero-order chi connectivity index (χ0) is 15.4. The molecule has 0 unspecified atom stereocenters. The van der Waals surface area contributed by atoms with E-state index < -0.39 is 11.6 Å². The lowest BCUT2D eigenvalue weighted by Crippen LogP contribution is -2.22. The molecular formula is C15H13BrF2N2O. The number of carbonyl (C=O) groups is 1. The SMILES string of the molecule is Cc1ccccc1NC(=O)CNc1cc(Br)c(F)cc1F. The van der Waals surface area contributed by atoms with E-state index in [1.165, 1.54) is 6.07 Å². The Morgan fingerprint density at radius 2 is 1.86 bits per heavy atom. The average molecular weight is 355 g/mol. The van der Waals surface area contributed by atoms with E-state index in [0.29, 0.717) is 5.69 Å². The van der Waals surface area contributed by atoms with Gasteiger partial charge in [-0.15, -0.1) is 0 Å². The van der Waals surface area contributed by atoms with Crippen molar-refractivity contribution < 1.29 is 13.6 Å². The molecule has 3 nitrogen and oxygen atoms in total. The lowest BCUT2D eigenvalue weighted by Gasteiger charge is -2.10. The van der Waals surface area contributed by atoms with Crippen LogP contribution >= 0.6 is 15.9 Å². The van der Waals surface area contributed by atoms with Crippen LogP contribution in [-0.4, -0.2) is 12.5 Å². The molecule has 0 fully saturated rings. The molecule has 0 aliphatic heterocycles. The Labute approximate surface area is 129 Å². The molecule has 0 saturated carbocycles. The smallest absolute Gasteiger partial charge is 0.243 e. The molecule has 0 spiro atoms. The van der Waals surface area contributed by atoms with Crippen LogP contribution in [0, 0.1) is 18.6 Å². The van der Waals surface area contributed by atoms with Crippen molar-refractivity contribution in [1.82, 2.24) is 0 Å². The number of amides is 1. The highest BCUT2D eigenvalue weighted by Gasteiger charge is 2.10. The second kappa shape index (κ2) is 6.67. The minimum Gasteiger partial charge on any atom is -0.374 e. The number of nitrogens with one attached hydrogen (secondary N) is 2. The predicted molar refractivity (Wildman–Crippen MR) is 82.4 cm³/mol. The normalized spacial score (nSPS) is 10.3. The molecular weight excluding hydrogens is 342 g/mol. The van der Waals surface area contributed by atoms with Crippen molar-refractivity contribution in [2.45, 2.75) is 6.92 Å². The van der Waals surface area contributed by atoms with Crippen molar-refractivity contribution in [3.63, 3.8) is 0 Å². The second-order valence-corrected chi connectivity index (χ2v) is 5.32. The summed E-state index contributed by atoms with van der Waals surface area (Å²) in [6.07, 6.45) is 0. The van der Waals surface area contributed by atoms with Crippen LogP contribution in [0.25, 0.3) is 0 Å². The minimum absolute atomic E-state index is 0.0585. The number of rotatable bonds is 4. The maximum Gasteiger partial charge on any atom is 0.243 e. The summed E-state index contributed by atoms with van der Waals surface area (Å²) >= 11 is 2.97. The molecule has 2 aromatic carbocycles. The summed E-state index contributed by atoms with van der Waals surface area (Å²) in [6, 6.07) is 9.35. The van der Waals surface area contributed by atoms with Gasteiger partial charge in [0, 0.05) is 11.8 Å². The first-order valence-electron chi connectivity index (χ1n) is 6.21. The molecule has 0 saturated heterocycles. The number of hydrogen-bond acceptors (Lipinski definition) is 2. The van der Waals surface area contributed by atoms with E-state index >= 15 is 0 Å². The molecule has 6 heteroatoms. The maximum absolute atomic E-state index is 13.5. The van der Waals surface area contributed by atoms with Crippen LogP contribution in [0.3, 0.4) is 0 Å². The van der Waals surface area contributed by atoms with Crippen LogP contribution in [0.2, 0.25) is 0 Å². The molecule has 0 aromatic heterocycles. The highest BCUT2D eigenvalue weighted by Crippen LogP contribution is 2.23. The fraction of sp³-hybridized carbons (Fsp3) is 0.133. The van der Waals surface area contributed by atoms with Crippen LogP contribution in [0.15, 0.2) is 40.9 Å². The Balaban J connectivity index is 1.99. The molecule has 21 heavy (non-hydrogen) atoms. The Morgan fingerprint density at radius 1 is 1.14 bits per heavy atom. The predicted octanol–water partition coefficient (Wildman–Crippen LogP) is 4.09. The molecule has 1 amide bonds. The van der Waals surface area contributed by atoms with Crippen LogP contribution in [0.5, 0.6) is 0 Å². The van der Waals surface area contributed by atoms with Crippen molar-refractivity contribution in [2.24, 2.45) is 0 Å². The third kappa shape index (κ3) is 4.01. The summed E-state index contributed by atoms with van der Waals surface area (Å²) in [5.41, 5.74) is 1.69. The number of benzene rings is 2. The van der Waals surface area contributed by atoms with Crippen LogP contribution in [0.4, 0.5) is 20.2 Å². The molecule has 0 radical (unpaired) electrons. The van der Waals surface area contributed by atoms with E-state index in [-0.39, 0.29) is 22.6 Å². The van der Waals surface area contributed by atoms with Crippen molar-refractivity contribution in [1.29, 1.82) is 0 Å². The van der Waals surface area contributed by atoms with Gasteiger partial charge in [0.2, 0.25) is 5.91 Å². The molecule has 0 heterocycles. The Kier molecular flexibility index (Phi) is 4.90. The third-order valence-corrected chi connectivity index (χ3v) is 3.48. The lowest BCUT2D eigenvalue weighted by molar-refractivity contribution is -0.114. The zero-order valence-electron chi connectivity index (χ0n) is 11.2. The minimum atomic E-state index is -0.751. The number of halogens is 3. The summed E-state index contributed by atoms with van der Waals surface area (Å²) in [6.45, 7) is 1.75. The number of anilines is 2. The van der Waals surface area contributed by atoms with E-state index in [0.717, 1.165) is 11.6 Å². The fourth-order valence-corrected chi connectivity index (χ4v) is 2.08. The van der Waals surface area contributed by atoms with Crippen LogP contribution in [-0.2, 0) is 4.79 Å². The maximum atomic E-state index is 13.5. The van der Waals surface area contributed by atoms with E-state index in [4.69, 9.17) is 0 Å². The fourth-order valence-electron chi connectivity index (χ4n) is 1.74. The van der Waals surface area contributed by atoms with Gasteiger partial charge in [-0.2, -0.15) is 0 Å². The van der Waals surface area contributed by atoms with Gasteiger partial charge < -0.3 is 10.6 Å². The quantitative estimate of drug-likeness (QED) is 0.812. The van der Waals surface area contributed by atoms with Crippen molar-refractivity contribution in [3.8, 4) is 0 Å². The first kappa shape index (κ1) is 15.4. The first-order chi connectivity index (χ1) is 9.97.